The van der Waals surface area contributed by atoms with Crippen LogP contribution in [0.1, 0.15) is 45.1 Å². The van der Waals surface area contributed by atoms with E-state index in [1.54, 1.807) is 0 Å². The Labute approximate surface area is 189 Å². The Morgan fingerprint density at radius 1 is 1.26 bits per heavy atom. The zero-order valence-corrected chi connectivity index (χ0v) is 19.1. The summed E-state index contributed by atoms with van der Waals surface area (Å²) in [6.07, 6.45) is 7.72. The molecule has 1 aromatic rings. The predicted octanol–water partition coefficient (Wildman–Crippen LogP) is 4.71. The lowest BCUT2D eigenvalue weighted by molar-refractivity contribution is -0.145. The number of hydrogen-bond acceptors (Lipinski definition) is 4. The van der Waals surface area contributed by atoms with Gasteiger partial charge in [-0.15, -0.1) is 0 Å². The Kier molecular flexibility index (Phi) is 5.52. The first kappa shape index (κ1) is 21.2. The first-order valence-corrected chi connectivity index (χ1v) is 12.0. The Morgan fingerprint density at radius 2 is 2.03 bits per heavy atom. The number of carbonyl (C=O) groups excluding carboxylic acids is 1. The van der Waals surface area contributed by atoms with Crippen molar-refractivity contribution in [2.75, 3.05) is 19.6 Å². The van der Waals surface area contributed by atoms with Gasteiger partial charge in [0.25, 0.3) is 0 Å². The molecule has 166 valence electrons. The minimum atomic E-state index is -0.533. The second kappa shape index (κ2) is 8.06. The van der Waals surface area contributed by atoms with Crippen molar-refractivity contribution >= 4 is 23.1 Å². The summed E-state index contributed by atoms with van der Waals surface area (Å²) in [5, 5.41) is 12.3. The molecule has 0 unspecified atom stereocenters. The summed E-state index contributed by atoms with van der Waals surface area (Å²) in [6, 6.07) is 7.99. The van der Waals surface area contributed by atoms with Gasteiger partial charge in [0.1, 0.15) is 6.10 Å². The Balaban J connectivity index is 1.31. The molecule has 2 aliphatic heterocycles. The minimum Gasteiger partial charge on any atom is -0.461 e. The van der Waals surface area contributed by atoms with Gasteiger partial charge in [0, 0.05) is 42.4 Å². The van der Waals surface area contributed by atoms with Crippen molar-refractivity contribution in [1.82, 2.24) is 4.90 Å². The molecule has 4 nitrogen and oxygen atoms in total. The molecule has 0 radical (unpaired) electrons. The van der Waals surface area contributed by atoms with Gasteiger partial charge in [0.15, 0.2) is 0 Å². The van der Waals surface area contributed by atoms with E-state index in [1.807, 2.05) is 12.1 Å². The second-order valence-electron chi connectivity index (χ2n) is 10.0. The number of aliphatic hydroxyl groups is 1. The molecule has 2 fully saturated rings. The quantitative estimate of drug-likeness (QED) is 0.545. The van der Waals surface area contributed by atoms with Gasteiger partial charge in [-0.2, -0.15) is 0 Å². The SMILES string of the molecule is C[C@@H]1CCC=C2C[C@H]3OC(=O)[C@@H](CN4CC=C(c5ccc(Cl)cc5)CC4)[C@@H]3[C@H](O)[C@@]21C. The van der Waals surface area contributed by atoms with E-state index in [0.717, 1.165) is 43.8 Å². The number of fused-ring (bicyclic) bond motifs is 2. The number of aliphatic hydroxyl groups excluding tert-OH is 1. The van der Waals surface area contributed by atoms with Crippen LogP contribution in [-0.2, 0) is 9.53 Å². The number of halogens is 1. The number of nitrogens with zero attached hydrogens (tertiary/aromatic N) is 1. The minimum absolute atomic E-state index is 0.114. The second-order valence-corrected chi connectivity index (χ2v) is 10.5. The van der Waals surface area contributed by atoms with Crippen molar-refractivity contribution in [3.63, 3.8) is 0 Å². The van der Waals surface area contributed by atoms with Crippen LogP contribution < -0.4 is 0 Å². The van der Waals surface area contributed by atoms with Gasteiger partial charge in [-0.05, 0) is 48.4 Å². The largest absolute Gasteiger partial charge is 0.461 e. The molecule has 0 amide bonds. The molecule has 1 saturated carbocycles. The van der Waals surface area contributed by atoms with Crippen molar-refractivity contribution in [2.45, 2.75) is 51.7 Å². The topological polar surface area (TPSA) is 49.8 Å². The fraction of sp³-hybridized carbons (Fsp3) is 0.577. The number of esters is 1. The molecule has 1 N–H and O–H groups in total. The summed E-state index contributed by atoms with van der Waals surface area (Å²) in [5.41, 5.74) is 3.60. The fourth-order valence-electron chi connectivity index (χ4n) is 6.36. The van der Waals surface area contributed by atoms with Gasteiger partial charge >= 0.3 is 5.97 Å². The molecular formula is C26H32ClNO3. The maximum atomic E-state index is 12.9. The summed E-state index contributed by atoms with van der Waals surface area (Å²) in [4.78, 5) is 15.2. The van der Waals surface area contributed by atoms with Crippen LogP contribution in [0.5, 0.6) is 0 Å². The third kappa shape index (κ3) is 3.57. The van der Waals surface area contributed by atoms with Gasteiger partial charge in [-0.1, -0.05) is 55.3 Å². The number of benzene rings is 1. The maximum absolute atomic E-state index is 12.9. The predicted molar refractivity (Wildman–Crippen MR) is 123 cm³/mol. The summed E-state index contributed by atoms with van der Waals surface area (Å²) in [6.45, 7) is 6.83. The van der Waals surface area contributed by atoms with Crippen LogP contribution in [0, 0.1) is 23.2 Å². The Bertz CT molecular complexity index is 923. The third-order valence-electron chi connectivity index (χ3n) is 8.53. The lowest BCUT2D eigenvalue weighted by atomic mass is 9.55. The molecule has 0 aromatic heterocycles. The average molecular weight is 442 g/mol. The molecule has 1 saturated heterocycles. The van der Waals surface area contributed by atoms with E-state index in [9.17, 15) is 9.90 Å². The number of carbonyl (C=O) groups is 1. The van der Waals surface area contributed by atoms with Gasteiger partial charge in [-0.25, -0.2) is 0 Å². The summed E-state index contributed by atoms with van der Waals surface area (Å²) in [5.74, 6) is -0.0773. The normalized spacial score (nSPS) is 38.1. The van der Waals surface area contributed by atoms with Gasteiger partial charge in [-0.3, -0.25) is 9.69 Å². The first-order chi connectivity index (χ1) is 14.9. The average Bonchev–Trinajstić information content (AvgIpc) is 3.07. The Hall–Kier alpha value is -1.62. The van der Waals surface area contributed by atoms with E-state index in [4.69, 9.17) is 16.3 Å². The lowest BCUT2D eigenvalue weighted by Gasteiger charge is -2.52. The van der Waals surface area contributed by atoms with Crippen LogP contribution in [0.15, 0.2) is 42.0 Å². The van der Waals surface area contributed by atoms with Crippen LogP contribution >= 0.6 is 11.6 Å². The van der Waals surface area contributed by atoms with Crippen LogP contribution in [-0.4, -0.2) is 47.8 Å². The lowest BCUT2D eigenvalue weighted by Crippen LogP contribution is -2.54. The molecule has 0 spiro atoms. The van der Waals surface area contributed by atoms with Crippen LogP contribution in [0.2, 0.25) is 5.02 Å². The molecule has 2 heterocycles. The van der Waals surface area contributed by atoms with E-state index < -0.39 is 6.10 Å². The number of ether oxygens (including phenoxy) is 1. The number of allylic oxidation sites excluding steroid dienone is 1. The van der Waals surface area contributed by atoms with Crippen molar-refractivity contribution in [1.29, 1.82) is 0 Å². The van der Waals surface area contributed by atoms with Gasteiger partial charge < -0.3 is 9.84 Å². The van der Waals surface area contributed by atoms with Crippen LogP contribution in [0.4, 0.5) is 0 Å². The maximum Gasteiger partial charge on any atom is 0.311 e. The molecule has 31 heavy (non-hydrogen) atoms. The summed E-state index contributed by atoms with van der Waals surface area (Å²) < 4.78 is 5.83. The highest BCUT2D eigenvalue weighted by Gasteiger charge is 2.59. The monoisotopic (exact) mass is 441 g/mol. The number of rotatable bonds is 3. The molecular weight excluding hydrogens is 410 g/mol. The van der Waals surface area contributed by atoms with E-state index in [1.165, 1.54) is 16.7 Å². The summed E-state index contributed by atoms with van der Waals surface area (Å²) >= 11 is 6.02. The molecule has 1 aromatic carbocycles. The zero-order valence-electron chi connectivity index (χ0n) is 18.4. The standard InChI is InChI=1S/C26H32ClNO3/c1-16-4-3-5-19-14-22-23(24(29)26(16,19)2)21(25(30)31-22)15-28-12-10-18(11-13-28)17-6-8-20(27)9-7-17/h5-10,16,21-24,29H,3-4,11-15H2,1-2H3/t16-,21+,22-,23+,24+,26-/m1/s1. The third-order valence-corrected chi connectivity index (χ3v) is 8.79. The molecule has 2 aliphatic carbocycles. The van der Waals surface area contributed by atoms with Gasteiger partial charge in [0.05, 0.1) is 12.0 Å². The molecule has 4 aliphatic rings. The van der Waals surface area contributed by atoms with Crippen molar-refractivity contribution < 1.29 is 14.6 Å². The summed E-state index contributed by atoms with van der Waals surface area (Å²) in [7, 11) is 0. The molecule has 6 atom stereocenters. The highest BCUT2D eigenvalue weighted by Crippen LogP contribution is 2.56. The van der Waals surface area contributed by atoms with E-state index in [2.05, 4.69) is 43.0 Å². The first-order valence-electron chi connectivity index (χ1n) is 11.6. The van der Waals surface area contributed by atoms with E-state index in [0.29, 0.717) is 12.5 Å². The van der Waals surface area contributed by atoms with Crippen molar-refractivity contribution in [3.8, 4) is 0 Å². The fourth-order valence-corrected chi connectivity index (χ4v) is 6.48. The highest BCUT2D eigenvalue weighted by molar-refractivity contribution is 6.30. The van der Waals surface area contributed by atoms with E-state index in [-0.39, 0.29) is 29.3 Å². The molecule has 5 heteroatoms. The molecule has 5 rings (SSSR count). The van der Waals surface area contributed by atoms with Gasteiger partial charge in [0.2, 0.25) is 0 Å². The smallest absolute Gasteiger partial charge is 0.311 e. The van der Waals surface area contributed by atoms with Crippen molar-refractivity contribution in [2.24, 2.45) is 23.2 Å². The van der Waals surface area contributed by atoms with Crippen LogP contribution in [0.25, 0.3) is 5.57 Å². The molecule has 0 bridgehead atoms. The number of hydrogen-bond donors (Lipinski definition) is 1. The Morgan fingerprint density at radius 3 is 2.74 bits per heavy atom. The van der Waals surface area contributed by atoms with Crippen LogP contribution in [0.3, 0.4) is 0 Å². The van der Waals surface area contributed by atoms with E-state index >= 15 is 0 Å². The highest BCUT2D eigenvalue weighted by atomic mass is 35.5. The van der Waals surface area contributed by atoms with Crippen molar-refractivity contribution in [3.05, 3.63) is 52.6 Å². The zero-order chi connectivity index (χ0) is 21.8.